The number of para-hydroxylation sites is 1. The summed E-state index contributed by atoms with van der Waals surface area (Å²) in [7, 11) is 1.64. The molecule has 2 nitrogen and oxygen atoms in total. The second-order valence-corrected chi connectivity index (χ2v) is 4.58. The predicted octanol–water partition coefficient (Wildman–Crippen LogP) is 3.01. The molecule has 0 saturated heterocycles. The molecule has 0 radical (unpaired) electrons. The molecule has 0 fully saturated rings. The van der Waals surface area contributed by atoms with E-state index >= 15 is 0 Å². The SMILES string of the molecule is COc1ccccc1SCC(=O)C(C)C. The lowest BCUT2D eigenvalue weighted by molar-refractivity contribution is -0.119. The fourth-order valence-corrected chi connectivity index (χ4v) is 2.15. The zero-order chi connectivity index (χ0) is 11.3. The van der Waals surface area contributed by atoms with Crippen molar-refractivity contribution in [1.82, 2.24) is 0 Å². The number of carbonyl (C=O) groups is 1. The number of ether oxygens (including phenoxy) is 1. The molecule has 15 heavy (non-hydrogen) atoms. The molecule has 0 saturated carbocycles. The van der Waals surface area contributed by atoms with Gasteiger partial charge < -0.3 is 4.74 Å². The third kappa shape index (κ3) is 3.59. The highest BCUT2D eigenvalue weighted by Gasteiger charge is 2.09. The lowest BCUT2D eigenvalue weighted by Crippen LogP contribution is -2.09. The summed E-state index contributed by atoms with van der Waals surface area (Å²) in [6.45, 7) is 3.84. The second-order valence-electron chi connectivity index (χ2n) is 3.56. The molecule has 0 spiro atoms. The molecule has 0 heterocycles. The quantitative estimate of drug-likeness (QED) is 0.719. The van der Waals surface area contributed by atoms with E-state index < -0.39 is 0 Å². The van der Waals surface area contributed by atoms with Gasteiger partial charge in [-0.05, 0) is 12.1 Å². The molecule has 1 aromatic carbocycles. The monoisotopic (exact) mass is 224 g/mol. The second kappa shape index (κ2) is 5.81. The van der Waals surface area contributed by atoms with Gasteiger partial charge in [-0.25, -0.2) is 0 Å². The summed E-state index contributed by atoms with van der Waals surface area (Å²) in [5.41, 5.74) is 0. The lowest BCUT2D eigenvalue weighted by atomic mass is 10.1. The van der Waals surface area contributed by atoms with Gasteiger partial charge in [-0.3, -0.25) is 4.79 Å². The van der Waals surface area contributed by atoms with Crippen LogP contribution in [-0.4, -0.2) is 18.6 Å². The van der Waals surface area contributed by atoms with Crippen molar-refractivity contribution in [3.8, 4) is 5.75 Å². The molecule has 0 aliphatic carbocycles. The summed E-state index contributed by atoms with van der Waals surface area (Å²) in [6, 6.07) is 7.75. The van der Waals surface area contributed by atoms with Gasteiger partial charge in [0.2, 0.25) is 0 Å². The van der Waals surface area contributed by atoms with Gasteiger partial charge in [-0.2, -0.15) is 0 Å². The van der Waals surface area contributed by atoms with Gasteiger partial charge in [0.25, 0.3) is 0 Å². The minimum atomic E-state index is 0.104. The predicted molar refractivity (Wildman–Crippen MR) is 63.6 cm³/mol. The van der Waals surface area contributed by atoms with Crippen molar-refractivity contribution in [1.29, 1.82) is 0 Å². The Kier molecular flexibility index (Phi) is 4.69. The van der Waals surface area contributed by atoms with E-state index in [2.05, 4.69) is 0 Å². The molecule has 0 unspecified atom stereocenters. The number of carbonyl (C=O) groups excluding carboxylic acids is 1. The van der Waals surface area contributed by atoms with Crippen molar-refractivity contribution in [2.24, 2.45) is 5.92 Å². The maximum atomic E-state index is 11.5. The van der Waals surface area contributed by atoms with Crippen molar-refractivity contribution >= 4 is 17.5 Å². The molecular formula is C12H16O2S. The van der Waals surface area contributed by atoms with Crippen molar-refractivity contribution in [3.05, 3.63) is 24.3 Å². The van der Waals surface area contributed by atoms with Crippen LogP contribution in [0.4, 0.5) is 0 Å². The largest absolute Gasteiger partial charge is 0.496 e. The van der Waals surface area contributed by atoms with Gasteiger partial charge in [0.1, 0.15) is 11.5 Å². The van der Waals surface area contributed by atoms with Crippen LogP contribution in [0.25, 0.3) is 0 Å². The summed E-state index contributed by atoms with van der Waals surface area (Å²) in [4.78, 5) is 12.5. The summed E-state index contributed by atoms with van der Waals surface area (Å²) < 4.78 is 5.21. The number of hydrogen-bond donors (Lipinski definition) is 0. The van der Waals surface area contributed by atoms with Crippen LogP contribution in [0.15, 0.2) is 29.2 Å². The number of thioether (sulfide) groups is 1. The normalized spacial score (nSPS) is 10.4. The van der Waals surface area contributed by atoms with E-state index in [4.69, 9.17) is 4.74 Å². The Hall–Kier alpha value is -0.960. The van der Waals surface area contributed by atoms with Crippen LogP contribution in [0.2, 0.25) is 0 Å². The van der Waals surface area contributed by atoms with E-state index in [-0.39, 0.29) is 11.7 Å². The van der Waals surface area contributed by atoms with E-state index in [0.29, 0.717) is 5.75 Å². The molecule has 1 aromatic rings. The van der Waals surface area contributed by atoms with Gasteiger partial charge >= 0.3 is 0 Å². The van der Waals surface area contributed by atoms with Gasteiger partial charge in [0, 0.05) is 10.8 Å². The smallest absolute Gasteiger partial charge is 0.145 e. The number of hydrogen-bond acceptors (Lipinski definition) is 3. The molecule has 3 heteroatoms. The Morgan fingerprint density at radius 3 is 2.67 bits per heavy atom. The zero-order valence-corrected chi connectivity index (χ0v) is 10.1. The van der Waals surface area contributed by atoms with Gasteiger partial charge in [-0.1, -0.05) is 26.0 Å². The average Bonchev–Trinajstić information content (AvgIpc) is 2.26. The Morgan fingerprint density at radius 2 is 2.07 bits per heavy atom. The Balaban J connectivity index is 2.61. The van der Waals surface area contributed by atoms with E-state index in [1.165, 1.54) is 11.8 Å². The molecule has 0 bridgehead atoms. The van der Waals surface area contributed by atoms with Crippen LogP contribution < -0.4 is 4.74 Å². The first-order chi connectivity index (χ1) is 7.15. The highest BCUT2D eigenvalue weighted by Crippen LogP contribution is 2.28. The number of ketones is 1. The summed E-state index contributed by atoms with van der Waals surface area (Å²) in [5, 5.41) is 0. The standard InChI is InChI=1S/C12H16O2S/c1-9(2)10(13)8-15-12-7-5-4-6-11(12)14-3/h4-7,9H,8H2,1-3H3. The molecule has 0 N–H and O–H groups in total. The number of benzene rings is 1. The first-order valence-corrected chi connectivity index (χ1v) is 5.92. The fourth-order valence-electron chi connectivity index (χ4n) is 1.05. The Morgan fingerprint density at radius 1 is 1.40 bits per heavy atom. The molecule has 0 amide bonds. The molecule has 0 aromatic heterocycles. The molecule has 0 atom stereocenters. The van der Waals surface area contributed by atoms with E-state index in [1.54, 1.807) is 7.11 Å². The van der Waals surface area contributed by atoms with Crippen LogP contribution >= 0.6 is 11.8 Å². The number of rotatable bonds is 5. The van der Waals surface area contributed by atoms with E-state index in [0.717, 1.165) is 10.6 Å². The molecule has 1 rings (SSSR count). The van der Waals surface area contributed by atoms with Crippen molar-refractivity contribution < 1.29 is 9.53 Å². The van der Waals surface area contributed by atoms with Crippen LogP contribution in [-0.2, 0) is 4.79 Å². The van der Waals surface area contributed by atoms with Crippen molar-refractivity contribution in [2.45, 2.75) is 18.7 Å². The van der Waals surface area contributed by atoms with Crippen LogP contribution in [0.3, 0.4) is 0 Å². The minimum Gasteiger partial charge on any atom is -0.496 e. The van der Waals surface area contributed by atoms with Crippen molar-refractivity contribution in [2.75, 3.05) is 12.9 Å². The highest BCUT2D eigenvalue weighted by molar-refractivity contribution is 8.00. The number of methoxy groups -OCH3 is 1. The Bertz CT molecular complexity index is 334. The maximum absolute atomic E-state index is 11.5. The van der Waals surface area contributed by atoms with Crippen LogP contribution in [0.5, 0.6) is 5.75 Å². The van der Waals surface area contributed by atoms with Gasteiger partial charge in [0.15, 0.2) is 0 Å². The molecule has 82 valence electrons. The first-order valence-electron chi connectivity index (χ1n) is 4.93. The highest BCUT2D eigenvalue weighted by atomic mass is 32.2. The van der Waals surface area contributed by atoms with Crippen molar-refractivity contribution in [3.63, 3.8) is 0 Å². The van der Waals surface area contributed by atoms with Crippen LogP contribution in [0.1, 0.15) is 13.8 Å². The Labute approximate surface area is 95.0 Å². The van der Waals surface area contributed by atoms with Gasteiger partial charge in [0.05, 0.1) is 12.9 Å². The summed E-state index contributed by atoms with van der Waals surface area (Å²) in [5.74, 6) is 1.72. The average molecular weight is 224 g/mol. The third-order valence-corrected chi connectivity index (χ3v) is 3.16. The summed E-state index contributed by atoms with van der Waals surface area (Å²) in [6.07, 6.45) is 0. The molecule has 0 aliphatic heterocycles. The third-order valence-electron chi connectivity index (χ3n) is 2.08. The first kappa shape index (κ1) is 12.1. The maximum Gasteiger partial charge on any atom is 0.145 e. The van der Waals surface area contributed by atoms with Gasteiger partial charge in [-0.15, -0.1) is 11.8 Å². The molecule has 0 aliphatic rings. The topological polar surface area (TPSA) is 26.3 Å². The number of Topliss-reactive ketones (excluding diaryl/α,β-unsaturated/α-hetero) is 1. The van der Waals surface area contributed by atoms with Crippen LogP contribution in [0, 0.1) is 5.92 Å². The minimum absolute atomic E-state index is 0.104. The molecular weight excluding hydrogens is 208 g/mol. The lowest BCUT2D eigenvalue weighted by Gasteiger charge is -2.08. The fraction of sp³-hybridized carbons (Fsp3) is 0.417. The summed E-state index contributed by atoms with van der Waals surface area (Å²) >= 11 is 1.53. The van der Waals surface area contributed by atoms with E-state index in [1.807, 2.05) is 38.1 Å². The zero-order valence-electron chi connectivity index (χ0n) is 9.32. The van der Waals surface area contributed by atoms with E-state index in [9.17, 15) is 4.79 Å².